The molecule has 0 amide bonds. The molecule has 0 saturated carbocycles. The predicted molar refractivity (Wildman–Crippen MR) is 89.4 cm³/mol. The van der Waals surface area contributed by atoms with Gasteiger partial charge in [0.25, 0.3) is 10.0 Å². The van der Waals surface area contributed by atoms with Gasteiger partial charge in [0.2, 0.25) is 0 Å². The van der Waals surface area contributed by atoms with Crippen LogP contribution in [0.5, 0.6) is 5.75 Å². The third-order valence-corrected chi connectivity index (χ3v) is 5.12. The van der Waals surface area contributed by atoms with Gasteiger partial charge in [0, 0.05) is 5.39 Å². The minimum absolute atomic E-state index is 0.00364. The summed E-state index contributed by atoms with van der Waals surface area (Å²) in [6.07, 6.45) is 0. The number of rotatable bonds is 1. The number of sulfonamides is 1. The molecule has 1 heterocycles. The van der Waals surface area contributed by atoms with Gasteiger partial charge < -0.3 is 10.4 Å². The second kappa shape index (κ2) is 4.82. The number of para-hydroxylation sites is 1. The van der Waals surface area contributed by atoms with Gasteiger partial charge in [-0.1, -0.05) is 42.5 Å². The van der Waals surface area contributed by atoms with Gasteiger partial charge in [0.1, 0.15) is 10.6 Å². The first-order valence-electron chi connectivity index (χ1n) is 6.98. The Labute approximate surface area is 133 Å². The first-order valence-corrected chi connectivity index (χ1v) is 8.42. The average Bonchev–Trinajstić information content (AvgIpc) is 2.55. The zero-order valence-electron chi connectivity index (χ0n) is 11.9. The summed E-state index contributed by atoms with van der Waals surface area (Å²) in [7, 11) is -3.80. The Balaban J connectivity index is 1.93. The monoisotopic (exact) mass is 324 g/mol. The van der Waals surface area contributed by atoms with Crippen molar-refractivity contribution in [1.82, 2.24) is 0 Å². The molecule has 1 aliphatic heterocycles. The van der Waals surface area contributed by atoms with Crippen molar-refractivity contribution in [1.29, 1.82) is 0 Å². The van der Waals surface area contributed by atoms with Crippen LogP contribution in [0.4, 0.5) is 5.69 Å². The summed E-state index contributed by atoms with van der Waals surface area (Å²) in [5, 5.41) is 15.0. The summed E-state index contributed by atoms with van der Waals surface area (Å²) < 4.78 is 28.5. The van der Waals surface area contributed by atoms with Gasteiger partial charge in [-0.05, 0) is 23.6 Å². The molecular formula is C17H12N2O3S. The molecule has 114 valence electrons. The zero-order chi connectivity index (χ0) is 16.0. The van der Waals surface area contributed by atoms with E-state index in [1.165, 1.54) is 6.07 Å². The van der Waals surface area contributed by atoms with E-state index in [-0.39, 0.29) is 16.5 Å². The number of hydrogen-bond donors (Lipinski definition) is 2. The summed E-state index contributed by atoms with van der Waals surface area (Å²) >= 11 is 0. The molecule has 0 saturated heterocycles. The fourth-order valence-corrected chi connectivity index (χ4v) is 3.81. The molecule has 3 aromatic carbocycles. The lowest BCUT2D eigenvalue weighted by Gasteiger charge is -2.19. The van der Waals surface area contributed by atoms with Gasteiger partial charge in [-0.15, -0.1) is 4.40 Å². The van der Waals surface area contributed by atoms with Crippen LogP contribution in [-0.4, -0.2) is 19.4 Å². The van der Waals surface area contributed by atoms with Crippen LogP contribution in [-0.2, 0) is 10.0 Å². The molecule has 6 heteroatoms. The first-order chi connectivity index (χ1) is 11.1. The number of benzene rings is 3. The summed E-state index contributed by atoms with van der Waals surface area (Å²) in [6, 6.07) is 17.4. The molecule has 0 bridgehead atoms. The average molecular weight is 324 g/mol. The summed E-state index contributed by atoms with van der Waals surface area (Å²) in [5.41, 5.74) is 0.798. The number of phenols is 1. The Bertz CT molecular complexity index is 1070. The van der Waals surface area contributed by atoms with Crippen molar-refractivity contribution in [3.8, 4) is 5.75 Å². The topological polar surface area (TPSA) is 78.8 Å². The third-order valence-electron chi connectivity index (χ3n) is 3.79. The highest BCUT2D eigenvalue weighted by atomic mass is 32.2. The molecule has 0 aromatic heterocycles. The summed E-state index contributed by atoms with van der Waals surface area (Å²) in [6.45, 7) is 0. The number of nitrogens with zero attached hydrogens (tertiary/aromatic N) is 1. The molecule has 3 aromatic rings. The van der Waals surface area contributed by atoms with E-state index in [1.807, 2.05) is 24.3 Å². The molecule has 0 spiro atoms. The first kappa shape index (κ1) is 13.8. The SMILES string of the molecule is O=S1(=O)N=C(c2ccc3ccccc3c2O)Nc2ccccc21. The van der Waals surface area contributed by atoms with E-state index < -0.39 is 10.0 Å². The number of aromatic hydroxyl groups is 1. The fourth-order valence-electron chi connectivity index (χ4n) is 2.68. The second-order valence-electron chi connectivity index (χ2n) is 5.22. The van der Waals surface area contributed by atoms with Crippen LogP contribution in [0.25, 0.3) is 10.8 Å². The molecule has 5 nitrogen and oxygen atoms in total. The van der Waals surface area contributed by atoms with E-state index >= 15 is 0 Å². The Morgan fingerprint density at radius 1 is 0.913 bits per heavy atom. The van der Waals surface area contributed by atoms with Crippen molar-refractivity contribution in [3.05, 3.63) is 66.2 Å². The molecule has 0 fully saturated rings. The predicted octanol–water partition coefficient (Wildman–Crippen LogP) is 3.11. The summed E-state index contributed by atoms with van der Waals surface area (Å²) in [4.78, 5) is 0.129. The number of amidine groups is 1. The van der Waals surface area contributed by atoms with Crippen molar-refractivity contribution in [2.75, 3.05) is 5.32 Å². The Kier molecular flexibility index (Phi) is 2.89. The maximum atomic E-state index is 12.3. The normalized spacial score (nSPS) is 15.6. The van der Waals surface area contributed by atoms with Gasteiger partial charge >= 0.3 is 0 Å². The molecule has 23 heavy (non-hydrogen) atoms. The van der Waals surface area contributed by atoms with Crippen molar-refractivity contribution in [2.24, 2.45) is 4.40 Å². The molecule has 0 atom stereocenters. The minimum Gasteiger partial charge on any atom is -0.507 e. The van der Waals surface area contributed by atoms with Crippen LogP contribution in [0.2, 0.25) is 0 Å². The smallest absolute Gasteiger partial charge is 0.286 e. The lowest BCUT2D eigenvalue weighted by atomic mass is 10.0. The van der Waals surface area contributed by atoms with Gasteiger partial charge in [-0.25, -0.2) is 0 Å². The van der Waals surface area contributed by atoms with Gasteiger partial charge in [-0.2, -0.15) is 8.42 Å². The van der Waals surface area contributed by atoms with Gasteiger partial charge in [-0.3, -0.25) is 0 Å². The van der Waals surface area contributed by atoms with E-state index in [9.17, 15) is 13.5 Å². The lowest BCUT2D eigenvalue weighted by molar-refractivity contribution is 0.480. The Morgan fingerprint density at radius 3 is 2.52 bits per heavy atom. The van der Waals surface area contributed by atoms with E-state index in [4.69, 9.17) is 0 Å². The van der Waals surface area contributed by atoms with Gasteiger partial charge in [0.05, 0.1) is 11.3 Å². The van der Waals surface area contributed by atoms with Crippen LogP contribution in [0.15, 0.2) is 70.0 Å². The molecule has 2 N–H and O–H groups in total. The molecular weight excluding hydrogens is 312 g/mol. The molecule has 1 aliphatic rings. The highest BCUT2D eigenvalue weighted by Gasteiger charge is 2.26. The quantitative estimate of drug-likeness (QED) is 0.721. The van der Waals surface area contributed by atoms with E-state index in [0.717, 1.165) is 5.39 Å². The number of phenolic OH excluding ortho intramolecular Hbond substituents is 1. The van der Waals surface area contributed by atoms with Crippen molar-refractivity contribution in [3.63, 3.8) is 0 Å². The number of anilines is 1. The van der Waals surface area contributed by atoms with Crippen LogP contribution < -0.4 is 5.32 Å². The number of hydrogen-bond acceptors (Lipinski definition) is 4. The summed E-state index contributed by atoms with van der Waals surface area (Å²) in [5.74, 6) is 0.121. The Hall–Kier alpha value is -2.86. The molecule has 0 aliphatic carbocycles. The van der Waals surface area contributed by atoms with Crippen LogP contribution >= 0.6 is 0 Å². The van der Waals surface area contributed by atoms with Crippen molar-refractivity contribution in [2.45, 2.75) is 4.90 Å². The molecule has 0 radical (unpaired) electrons. The fraction of sp³-hybridized carbons (Fsp3) is 0. The van der Waals surface area contributed by atoms with Crippen LogP contribution in [0.3, 0.4) is 0 Å². The van der Waals surface area contributed by atoms with Crippen molar-refractivity contribution >= 4 is 32.3 Å². The molecule has 4 rings (SSSR count). The minimum atomic E-state index is -3.80. The van der Waals surface area contributed by atoms with Crippen molar-refractivity contribution < 1.29 is 13.5 Å². The van der Waals surface area contributed by atoms with E-state index in [2.05, 4.69) is 9.71 Å². The number of nitrogens with one attached hydrogen (secondary N) is 1. The standard InChI is InChI=1S/C17H12N2O3S/c20-16-12-6-2-1-5-11(12)9-10-13(16)17-18-14-7-3-4-8-15(14)23(21,22)19-17/h1-10,20H,(H,18,19). The van der Waals surface area contributed by atoms with E-state index in [0.29, 0.717) is 16.6 Å². The maximum Gasteiger partial charge on any atom is 0.286 e. The zero-order valence-corrected chi connectivity index (χ0v) is 12.7. The van der Waals surface area contributed by atoms with Gasteiger partial charge in [0.15, 0.2) is 5.84 Å². The Morgan fingerprint density at radius 2 is 1.65 bits per heavy atom. The highest BCUT2D eigenvalue weighted by Crippen LogP contribution is 2.33. The second-order valence-corrected chi connectivity index (χ2v) is 6.79. The third kappa shape index (κ3) is 2.15. The number of fused-ring (bicyclic) bond motifs is 2. The molecule has 0 unspecified atom stereocenters. The maximum absolute atomic E-state index is 12.3. The highest BCUT2D eigenvalue weighted by molar-refractivity contribution is 7.90. The lowest BCUT2D eigenvalue weighted by Crippen LogP contribution is -2.22. The van der Waals surface area contributed by atoms with Crippen LogP contribution in [0.1, 0.15) is 5.56 Å². The van der Waals surface area contributed by atoms with E-state index in [1.54, 1.807) is 30.3 Å². The largest absolute Gasteiger partial charge is 0.507 e. The van der Waals surface area contributed by atoms with Crippen LogP contribution in [0, 0.1) is 0 Å².